The van der Waals surface area contributed by atoms with Gasteiger partial charge in [0.2, 0.25) is 0 Å². The predicted octanol–water partition coefficient (Wildman–Crippen LogP) is 3.43. The fourth-order valence-corrected chi connectivity index (χ4v) is 2.04. The summed E-state index contributed by atoms with van der Waals surface area (Å²) in [6.07, 6.45) is 1.38. The number of para-hydroxylation sites is 1. The van der Waals surface area contributed by atoms with Crippen molar-refractivity contribution in [1.29, 1.82) is 0 Å². The fourth-order valence-electron chi connectivity index (χ4n) is 2.04. The average molecular weight is 298 g/mol. The van der Waals surface area contributed by atoms with Gasteiger partial charge >= 0.3 is 5.97 Å². The Labute approximate surface area is 129 Å². The molecule has 0 N–H and O–H groups in total. The lowest BCUT2D eigenvalue weighted by Gasteiger charge is -2.12. The summed E-state index contributed by atoms with van der Waals surface area (Å²) in [5, 5.41) is 0. The fraction of sp³-hybridized carbons (Fsp3) is 0.167. The van der Waals surface area contributed by atoms with Crippen molar-refractivity contribution in [3.05, 3.63) is 72.0 Å². The molecule has 0 aliphatic rings. The molecule has 22 heavy (non-hydrogen) atoms. The molecule has 0 spiro atoms. The van der Waals surface area contributed by atoms with E-state index in [9.17, 15) is 4.79 Å². The van der Waals surface area contributed by atoms with E-state index in [2.05, 4.69) is 0 Å². The van der Waals surface area contributed by atoms with E-state index in [1.54, 1.807) is 0 Å². The van der Waals surface area contributed by atoms with Gasteiger partial charge in [-0.2, -0.15) is 0 Å². The molecule has 0 bridgehead atoms. The lowest BCUT2D eigenvalue weighted by molar-refractivity contribution is -0.133. The number of hydrogen-bond acceptors (Lipinski definition) is 4. The summed E-state index contributed by atoms with van der Waals surface area (Å²) in [4.78, 5) is 11.9. The number of esters is 1. The Bertz CT molecular complexity index is 647. The molecule has 2 aromatic rings. The molecule has 2 rings (SSSR count). The van der Waals surface area contributed by atoms with Gasteiger partial charge < -0.3 is 14.2 Å². The molecule has 4 heteroatoms. The molecule has 0 aromatic heterocycles. The van der Waals surface area contributed by atoms with Gasteiger partial charge in [-0.1, -0.05) is 42.5 Å². The quantitative estimate of drug-likeness (QED) is 0.465. The summed E-state index contributed by atoms with van der Waals surface area (Å²) >= 11 is 0. The SMILES string of the molecule is CO/C=C(/C(=O)OC)c1ccccc1COc1ccccc1. The van der Waals surface area contributed by atoms with Crippen molar-refractivity contribution in [3.8, 4) is 5.75 Å². The Balaban J connectivity index is 2.26. The van der Waals surface area contributed by atoms with E-state index in [4.69, 9.17) is 14.2 Å². The van der Waals surface area contributed by atoms with Crippen molar-refractivity contribution < 1.29 is 19.0 Å². The van der Waals surface area contributed by atoms with Crippen LogP contribution in [-0.4, -0.2) is 20.2 Å². The largest absolute Gasteiger partial charge is 0.503 e. The van der Waals surface area contributed by atoms with Gasteiger partial charge in [0, 0.05) is 0 Å². The molecule has 4 nitrogen and oxygen atoms in total. The van der Waals surface area contributed by atoms with E-state index < -0.39 is 5.97 Å². The summed E-state index contributed by atoms with van der Waals surface area (Å²) in [5.74, 6) is 0.321. The highest BCUT2D eigenvalue weighted by molar-refractivity contribution is 6.16. The van der Waals surface area contributed by atoms with Crippen LogP contribution in [0.2, 0.25) is 0 Å². The molecule has 0 heterocycles. The molecule has 114 valence electrons. The third-order valence-corrected chi connectivity index (χ3v) is 3.09. The first-order valence-electron chi connectivity index (χ1n) is 6.83. The Morgan fingerprint density at radius 3 is 2.36 bits per heavy atom. The van der Waals surface area contributed by atoms with E-state index in [0.717, 1.165) is 16.9 Å². The molecule has 0 aliphatic heterocycles. The van der Waals surface area contributed by atoms with Gasteiger partial charge in [-0.3, -0.25) is 0 Å². The standard InChI is InChI=1S/C18H18O4/c1-20-13-17(18(19)21-2)16-11-7-6-8-14(16)12-22-15-9-4-3-5-10-15/h3-11,13H,12H2,1-2H3/b17-13+. The van der Waals surface area contributed by atoms with Crippen LogP contribution in [0.15, 0.2) is 60.9 Å². The van der Waals surface area contributed by atoms with Gasteiger partial charge in [-0.25, -0.2) is 4.79 Å². The molecule has 0 fully saturated rings. The van der Waals surface area contributed by atoms with Gasteiger partial charge in [0.25, 0.3) is 0 Å². The highest BCUT2D eigenvalue weighted by Gasteiger charge is 2.16. The van der Waals surface area contributed by atoms with Crippen molar-refractivity contribution in [2.75, 3.05) is 14.2 Å². The number of ether oxygens (including phenoxy) is 3. The van der Waals surface area contributed by atoms with Crippen molar-refractivity contribution in [3.63, 3.8) is 0 Å². The smallest absolute Gasteiger partial charge is 0.341 e. The highest BCUT2D eigenvalue weighted by Crippen LogP contribution is 2.22. The number of rotatable bonds is 6. The molecule has 0 unspecified atom stereocenters. The second kappa shape index (κ2) is 7.88. The van der Waals surface area contributed by atoms with Crippen LogP contribution in [0.5, 0.6) is 5.75 Å². The first kappa shape index (κ1) is 15.6. The normalized spacial score (nSPS) is 10.9. The summed E-state index contributed by atoms with van der Waals surface area (Å²) in [6.45, 7) is 0.345. The Hall–Kier alpha value is -2.75. The highest BCUT2D eigenvalue weighted by atomic mass is 16.5. The number of methoxy groups -OCH3 is 2. The van der Waals surface area contributed by atoms with Gasteiger partial charge in [0.05, 0.1) is 20.5 Å². The maximum atomic E-state index is 11.9. The zero-order valence-corrected chi connectivity index (χ0v) is 12.6. The molecule has 0 saturated carbocycles. The number of benzene rings is 2. The van der Waals surface area contributed by atoms with E-state index in [-0.39, 0.29) is 0 Å². The second-order valence-electron chi connectivity index (χ2n) is 4.52. The minimum Gasteiger partial charge on any atom is -0.503 e. The van der Waals surface area contributed by atoms with Crippen LogP contribution in [0.4, 0.5) is 0 Å². The molecule has 0 aliphatic carbocycles. The summed E-state index contributed by atoms with van der Waals surface area (Å²) in [7, 11) is 2.83. The molecular weight excluding hydrogens is 280 g/mol. The first-order chi connectivity index (χ1) is 10.8. The maximum absolute atomic E-state index is 11.9. The van der Waals surface area contributed by atoms with Crippen LogP contribution in [0.3, 0.4) is 0 Å². The Kier molecular flexibility index (Phi) is 5.60. The summed E-state index contributed by atoms with van der Waals surface area (Å²) < 4.78 is 15.6. The number of carbonyl (C=O) groups is 1. The van der Waals surface area contributed by atoms with E-state index in [1.807, 2.05) is 54.6 Å². The van der Waals surface area contributed by atoms with Gasteiger partial charge in [0.1, 0.15) is 17.9 Å². The maximum Gasteiger partial charge on any atom is 0.341 e. The zero-order valence-electron chi connectivity index (χ0n) is 12.6. The molecule has 0 amide bonds. The van der Waals surface area contributed by atoms with Gasteiger partial charge in [-0.05, 0) is 23.3 Å². The van der Waals surface area contributed by atoms with Crippen LogP contribution < -0.4 is 4.74 Å². The van der Waals surface area contributed by atoms with Crippen LogP contribution >= 0.6 is 0 Å². The van der Waals surface area contributed by atoms with Gasteiger partial charge in [-0.15, -0.1) is 0 Å². The van der Waals surface area contributed by atoms with E-state index >= 15 is 0 Å². The predicted molar refractivity (Wildman–Crippen MR) is 84.2 cm³/mol. The lowest BCUT2D eigenvalue weighted by atomic mass is 10.0. The van der Waals surface area contributed by atoms with Crippen LogP contribution in [0.25, 0.3) is 5.57 Å². The third-order valence-electron chi connectivity index (χ3n) is 3.09. The number of carbonyl (C=O) groups excluding carboxylic acids is 1. The topological polar surface area (TPSA) is 44.8 Å². The minimum atomic E-state index is -0.450. The van der Waals surface area contributed by atoms with Crippen LogP contribution in [0.1, 0.15) is 11.1 Å². The Morgan fingerprint density at radius 1 is 1.00 bits per heavy atom. The summed E-state index contributed by atoms with van der Waals surface area (Å²) in [6, 6.07) is 17.0. The first-order valence-corrected chi connectivity index (χ1v) is 6.83. The molecule has 0 radical (unpaired) electrons. The molecule has 0 atom stereocenters. The van der Waals surface area contributed by atoms with Gasteiger partial charge in [0.15, 0.2) is 0 Å². The third kappa shape index (κ3) is 3.88. The Morgan fingerprint density at radius 2 is 1.68 bits per heavy atom. The molecular formula is C18H18O4. The van der Waals surface area contributed by atoms with Crippen LogP contribution in [0, 0.1) is 0 Å². The second-order valence-corrected chi connectivity index (χ2v) is 4.52. The van der Waals surface area contributed by atoms with Crippen molar-refractivity contribution in [2.24, 2.45) is 0 Å². The minimum absolute atomic E-state index is 0.345. The van der Waals surface area contributed by atoms with E-state index in [1.165, 1.54) is 20.5 Å². The monoisotopic (exact) mass is 298 g/mol. The average Bonchev–Trinajstić information content (AvgIpc) is 2.58. The van der Waals surface area contributed by atoms with Crippen molar-refractivity contribution in [1.82, 2.24) is 0 Å². The van der Waals surface area contributed by atoms with E-state index in [0.29, 0.717) is 12.2 Å². The molecule has 0 saturated heterocycles. The van der Waals surface area contributed by atoms with Crippen LogP contribution in [-0.2, 0) is 20.9 Å². The van der Waals surface area contributed by atoms with Crippen molar-refractivity contribution in [2.45, 2.75) is 6.61 Å². The molecule has 2 aromatic carbocycles. The lowest BCUT2D eigenvalue weighted by Crippen LogP contribution is -2.08. The van der Waals surface area contributed by atoms with Crippen molar-refractivity contribution >= 4 is 11.5 Å². The summed E-state index contributed by atoms with van der Waals surface area (Å²) in [5.41, 5.74) is 1.96. The zero-order chi connectivity index (χ0) is 15.8. The number of hydrogen-bond donors (Lipinski definition) is 0.